The van der Waals surface area contributed by atoms with Gasteiger partial charge in [-0.2, -0.15) is 0 Å². The number of carbonyl (C=O) groups is 1. The van der Waals surface area contributed by atoms with Crippen LogP contribution in [0.4, 0.5) is 4.39 Å². The van der Waals surface area contributed by atoms with Gasteiger partial charge >= 0.3 is 0 Å². The summed E-state index contributed by atoms with van der Waals surface area (Å²) in [5.74, 6) is 0.365. The van der Waals surface area contributed by atoms with Crippen molar-refractivity contribution in [2.24, 2.45) is 0 Å². The first-order valence-electron chi connectivity index (χ1n) is 9.56. The van der Waals surface area contributed by atoms with Crippen LogP contribution in [-0.2, 0) is 17.6 Å². The molecular weight excluding hydrogens is 421 g/mol. The lowest BCUT2D eigenvalue weighted by Crippen LogP contribution is -2.25. The summed E-state index contributed by atoms with van der Waals surface area (Å²) in [6.45, 7) is 2.57. The van der Waals surface area contributed by atoms with Crippen molar-refractivity contribution in [3.8, 4) is 21.9 Å². The number of aromatic nitrogens is 2. The Morgan fingerprint density at radius 2 is 2.07 bits per heavy atom. The highest BCUT2D eigenvalue weighted by Crippen LogP contribution is 2.29. The summed E-state index contributed by atoms with van der Waals surface area (Å²) in [5, 5.41) is 6.04. The SMILES string of the molecule is Cc1nc(-c2ccc(CCNC(=O)CCc3ncc(-c4ccccc4F)o3)s2)cs1. The molecule has 0 aliphatic carbocycles. The maximum Gasteiger partial charge on any atom is 0.220 e. The van der Waals surface area contributed by atoms with E-state index >= 15 is 0 Å². The predicted molar refractivity (Wildman–Crippen MR) is 117 cm³/mol. The molecule has 0 radical (unpaired) electrons. The summed E-state index contributed by atoms with van der Waals surface area (Å²) in [6, 6.07) is 10.5. The maximum absolute atomic E-state index is 13.8. The first-order chi connectivity index (χ1) is 14.6. The van der Waals surface area contributed by atoms with E-state index < -0.39 is 0 Å². The van der Waals surface area contributed by atoms with Crippen LogP contribution in [0.5, 0.6) is 0 Å². The molecule has 4 aromatic rings. The molecule has 0 saturated carbocycles. The van der Waals surface area contributed by atoms with Crippen LogP contribution in [0, 0.1) is 12.7 Å². The fraction of sp³-hybridized carbons (Fsp3) is 0.227. The monoisotopic (exact) mass is 441 g/mol. The smallest absolute Gasteiger partial charge is 0.220 e. The van der Waals surface area contributed by atoms with Gasteiger partial charge in [0.2, 0.25) is 5.91 Å². The number of oxazole rings is 1. The highest BCUT2D eigenvalue weighted by atomic mass is 32.1. The second-order valence-corrected chi connectivity index (χ2v) is 8.95. The minimum Gasteiger partial charge on any atom is -0.441 e. The molecule has 0 aliphatic heterocycles. The van der Waals surface area contributed by atoms with Crippen LogP contribution in [0.1, 0.15) is 22.2 Å². The van der Waals surface area contributed by atoms with Crippen LogP contribution in [0.25, 0.3) is 21.9 Å². The number of halogens is 1. The van der Waals surface area contributed by atoms with Crippen LogP contribution >= 0.6 is 22.7 Å². The Morgan fingerprint density at radius 1 is 1.20 bits per heavy atom. The van der Waals surface area contributed by atoms with Gasteiger partial charge < -0.3 is 9.73 Å². The molecule has 0 fully saturated rings. The number of hydrogen-bond acceptors (Lipinski definition) is 6. The molecule has 8 heteroatoms. The Kier molecular flexibility index (Phi) is 6.35. The van der Waals surface area contributed by atoms with Gasteiger partial charge in [0.1, 0.15) is 5.82 Å². The van der Waals surface area contributed by atoms with Crippen LogP contribution in [0.15, 0.2) is 52.4 Å². The van der Waals surface area contributed by atoms with Crippen molar-refractivity contribution in [1.82, 2.24) is 15.3 Å². The summed E-state index contributed by atoms with van der Waals surface area (Å²) in [5.41, 5.74) is 1.38. The van der Waals surface area contributed by atoms with Gasteiger partial charge in [-0.1, -0.05) is 12.1 Å². The van der Waals surface area contributed by atoms with E-state index in [-0.39, 0.29) is 18.1 Å². The van der Waals surface area contributed by atoms with Crippen molar-refractivity contribution in [2.75, 3.05) is 6.54 Å². The van der Waals surface area contributed by atoms with Crippen molar-refractivity contribution >= 4 is 28.6 Å². The zero-order valence-electron chi connectivity index (χ0n) is 16.4. The fourth-order valence-corrected chi connectivity index (χ4v) is 4.63. The summed E-state index contributed by atoms with van der Waals surface area (Å²) in [7, 11) is 0. The maximum atomic E-state index is 13.8. The molecule has 0 saturated heterocycles. The first-order valence-corrected chi connectivity index (χ1v) is 11.3. The second kappa shape index (κ2) is 9.32. The van der Waals surface area contributed by atoms with E-state index in [0.29, 0.717) is 30.2 Å². The van der Waals surface area contributed by atoms with E-state index in [9.17, 15) is 9.18 Å². The number of benzene rings is 1. The predicted octanol–water partition coefficient (Wildman–Crippen LogP) is 5.27. The zero-order valence-corrected chi connectivity index (χ0v) is 18.0. The van der Waals surface area contributed by atoms with E-state index in [0.717, 1.165) is 22.0 Å². The minimum absolute atomic E-state index is 0.0625. The van der Waals surface area contributed by atoms with E-state index in [1.165, 1.54) is 17.1 Å². The number of thiazole rings is 1. The molecule has 0 spiro atoms. The Balaban J connectivity index is 1.22. The van der Waals surface area contributed by atoms with Crippen LogP contribution < -0.4 is 5.32 Å². The highest BCUT2D eigenvalue weighted by Gasteiger charge is 2.12. The number of thiophene rings is 1. The largest absolute Gasteiger partial charge is 0.441 e. The van der Waals surface area contributed by atoms with Gasteiger partial charge in [0.05, 0.1) is 27.3 Å². The summed E-state index contributed by atoms with van der Waals surface area (Å²) in [6.07, 6.45) is 2.90. The second-order valence-electron chi connectivity index (χ2n) is 6.72. The van der Waals surface area contributed by atoms with Crippen LogP contribution in [0.2, 0.25) is 0 Å². The third-order valence-electron chi connectivity index (χ3n) is 4.49. The molecule has 154 valence electrons. The molecule has 3 heterocycles. The molecule has 0 bridgehead atoms. The molecule has 5 nitrogen and oxygen atoms in total. The topological polar surface area (TPSA) is 68.0 Å². The molecule has 4 rings (SSSR count). The van der Waals surface area contributed by atoms with Gasteiger partial charge in [0.15, 0.2) is 11.7 Å². The normalized spacial score (nSPS) is 11.0. The van der Waals surface area contributed by atoms with Gasteiger partial charge in [0.25, 0.3) is 0 Å². The van der Waals surface area contributed by atoms with E-state index in [1.54, 1.807) is 40.9 Å². The zero-order chi connectivity index (χ0) is 20.9. The number of carbonyl (C=O) groups excluding carboxylic acids is 1. The van der Waals surface area contributed by atoms with Crippen LogP contribution in [-0.4, -0.2) is 22.4 Å². The Hall–Kier alpha value is -2.84. The summed E-state index contributed by atoms with van der Waals surface area (Å²) >= 11 is 3.34. The number of aryl methyl sites for hydroxylation is 2. The van der Waals surface area contributed by atoms with E-state index in [4.69, 9.17) is 4.42 Å². The molecule has 0 unspecified atom stereocenters. The van der Waals surface area contributed by atoms with Crippen molar-refractivity contribution in [3.63, 3.8) is 0 Å². The lowest BCUT2D eigenvalue weighted by Gasteiger charge is -2.03. The average molecular weight is 442 g/mol. The van der Waals surface area contributed by atoms with Crippen molar-refractivity contribution in [2.45, 2.75) is 26.2 Å². The molecule has 1 N–H and O–H groups in total. The van der Waals surface area contributed by atoms with Crippen LogP contribution in [0.3, 0.4) is 0 Å². The van der Waals surface area contributed by atoms with Gasteiger partial charge in [0, 0.05) is 29.6 Å². The van der Waals surface area contributed by atoms with Crippen molar-refractivity contribution < 1.29 is 13.6 Å². The minimum atomic E-state index is -0.361. The van der Waals surface area contributed by atoms with Gasteiger partial charge in [-0.3, -0.25) is 4.79 Å². The summed E-state index contributed by atoms with van der Waals surface area (Å²) < 4.78 is 19.4. The third kappa shape index (κ3) is 5.01. The Labute approximate surface area is 181 Å². The van der Waals surface area contributed by atoms with E-state index in [1.807, 2.05) is 6.92 Å². The molecule has 0 atom stereocenters. The number of nitrogens with zero attached hydrogens (tertiary/aromatic N) is 2. The van der Waals surface area contributed by atoms with Crippen molar-refractivity contribution in [1.29, 1.82) is 0 Å². The van der Waals surface area contributed by atoms with Gasteiger partial charge in [-0.15, -0.1) is 22.7 Å². The summed E-state index contributed by atoms with van der Waals surface area (Å²) in [4.78, 5) is 23.1. The number of hydrogen-bond donors (Lipinski definition) is 1. The fourth-order valence-electron chi connectivity index (χ4n) is 2.97. The first kappa shape index (κ1) is 20.4. The number of nitrogens with one attached hydrogen (secondary N) is 1. The highest BCUT2D eigenvalue weighted by molar-refractivity contribution is 7.16. The van der Waals surface area contributed by atoms with Crippen molar-refractivity contribution in [3.05, 3.63) is 69.6 Å². The number of rotatable bonds is 8. The Morgan fingerprint density at radius 3 is 2.87 bits per heavy atom. The molecular formula is C22H20FN3O2S2. The lowest BCUT2D eigenvalue weighted by molar-refractivity contribution is -0.121. The quantitative estimate of drug-likeness (QED) is 0.405. The standard InChI is InChI=1S/C22H20FN3O2S2/c1-14-26-18(13-29-14)20-7-6-15(30-20)10-11-24-21(27)8-9-22-25-12-19(28-22)16-4-2-3-5-17(16)23/h2-7,12-13H,8-11H2,1H3,(H,24,27). The molecule has 30 heavy (non-hydrogen) atoms. The average Bonchev–Trinajstić information content (AvgIpc) is 3.48. The molecule has 1 amide bonds. The molecule has 3 aromatic heterocycles. The van der Waals surface area contributed by atoms with Gasteiger partial charge in [-0.25, -0.2) is 14.4 Å². The number of amides is 1. The molecule has 0 aliphatic rings. The third-order valence-corrected chi connectivity index (χ3v) is 6.43. The Bertz CT molecular complexity index is 1150. The lowest BCUT2D eigenvalue weighted by atomic mass is 10.2. The van der Waals surface area contributed by atoms with Gasteiger partial charge in [-0.05, 0) is 37.6 Å². The van der Waals surface area contributed by atoms with E-state index in [2.05, 4.69) is 32.8 Å². The molecule has 1 aromatic carbocycles.